The number of aromatic nitrogens is 3. The molecule has 0 aliphatic carbocycles. The first kappa shape index (κ1) is 13.1. The highest BCUT2D eigenvalue weighted by atomic mass is 35.5. The van der Waals surface area contributed by atoms with E-state index >= 15 is 0 Å². The lowest BCUT2D eigenvalue weighted by Gasteiger charge is -2.15. The summed E-state index contributed by atoms with van der Waals surface area (Å²) in [7, 11) is 0. The fraction of sp³-hybridized carbons (Fsp3) is 0.0588. The van der Waals surface area contributed by atoms with Crippen molar-refractivity contribution in [1.29, 1.82) is 0 Å². The third-order valence-corrected chi connectivity index (χ3v) is 3.85. The summed E-state index contributed by atoms with van der Waals surface area (Å²) >= 11 is 5.99. The molecule has 2 heterocycles. The van der Waals surface area contributed by atoms with E-state index in [1.807, 2.05) is 54.6 Å². The highest BCUT2D eigenvalue weighted by Gasteiger charge is 2.21. The summed E-state index contributed by atoms with van der Waals surface area (Å²) in [5, 5.41) is 6.04. The molecule has 2 aromatic carbocycles. The van der Waals surface area contributed by atoms with Gasteiger partial charge in [0.2, 0.25) is 0 Å². The number of furan rings is 1. The van der Waals surface area contributed by atoms with Crippen molar-refractivity contribution < 1.29 is 4.42 Å². The number of hydrogen-bond donors (Lipinski definition) is 0. The first-order valence-electron chi connectivity index (χ1n) is 6.89. The third kappa shape index (κ3) is 2.27. The molecule has 4 aromatic rings. The molecule has 0 aliphatic rings. The van der Waals surface area contributed by atoms with Crippen molar-refractivity contribution in [3.63, 3.8) is 0 Å². The van der Waals surface area contributed by atoms with E-state index < -0.39 is 0 Å². The first-order valence-corrected chi connectivity index (χ1v) is 7.27. The smallest absolute Gasteiger partial charge is 0.137 e. The second kappa shape index (κ2) is 5.31. The van der Waals surface area contributed by atoms with E-state index in [4.69, 9.17) is 16.0 Å². The summed E-state index contributed by atoms with van der Waals surface area (Å²) in [6.07, 6.45) is 3.21. The molecule has 0 fully saturated rings. The van der Waals surface area contributed by atoms with Gasteiger partial charge in [-0.05, 0) is 29.8 Å². The normalized spacial score (nSPS) is 12.6. The maximum Gasteiger partial charge on any atom is 0.137 e. The van der Waals surface area contributed by atoms with Crippen LogP contribution in [-0.2, 0) is 0 Å². The lowest BCUT2D eigenvalue weighted by atomic mass is 10.0. The number of nitrogens with zero attached hydrogens (tertiary/aromatic N) is 3. The number of fused-ring (bicyclic) bond motifs is 1. The molecule has 0 saturated heterocycles. The van der Waals surface area contributed by atoms with Crippen molar-refractivity contribution in [3.8, 4) is 0 Å². The summed E-state index contributed by atoms with van der Waals surface area (Å²) in [5.74, 6) is 0.814. The Bertz CT molecular complexity index is 864. The molecular formula is C17H12ClN3O. The molecule has 0 aliphatic heterocycles. The number of para-hydroxylation sites is 1. The second-order valence-electron chi connectivity index (χ2n) is 5.02. The molecule has 22 heavy (non-hydrogen) atoms. The maximum atomic E-state index is 6.02. The van der Waals surface area contributed by atoms with Gasteiger partial charge < -0.3 is 4.42 Å². The average Bonchev–Trinajstić information content (AvgIpc) is 3.19. The van der Waals surface area contributed by atoms with Gasteiger partial charge >= 0.3 is 0 Å². The van der Waals surface area contributed by atoms with E-state index in [2.05, 4.69) is 10.1 Å². The molecule has 0 bridgehead atoms. The Balaban J connectivity index is 1.88. The summed E-state index contributed by atoms with van der Waals surface area (Å²) in [6, 6.07) is 17.5. The van der Waals surface area contributed by atoms with E-state index in [0.717, 1.165) is 22.3 Å². The van der Waals surface area contributed by atoms with E-state index in [9.17, 15) is 0 Å². The topological polar surface area (TPSA) is 43.9 Å². The van der Waals surface area contributed by atoms with Crippen LogP contribution in [0.1, 0.15) is 17.4 Å². The van der Waals surface area contributed by atoms with Crippen LogP contribution in [-0.4, -0.2) is 14.8 Å². The van der Waals surface area contributed by atoms with Crippen LogP contribution in [0, 0.1) is 0 Å². The second-order valence-corrected chi connectivity index (χ2v) is 5.45. The Labute approximate surface area is 132 Å². The van der Waals surface area contributed by atoms with Gasteiger partial charge in [-0.3, -0.25) is 0 Å². The Kier molecular flexibility index (Phi) is 3.16. The van der Waals surface area contributed by atoms with Gasteiger partial charge in [-0.15, -0.1) is 0 Å². The van der Waals surface area contributed by atoms with Crippen molar-refractivity contribution in [2.75, 3.05) is 0 Å². The molecule has 0 saturated carbocycles. The Morgan fingerprint density at radius 1 is 1.05 bits per heavy atom. The van der Waals surface area contributed by atoms with Crippen LogP contribution in [0.5, 0.6) is 0 Å². The molecule has 5 heteroatoms. The minimum atomic E-state index is -0.174. The van der Waals surface area contributed by atoms with Gasteiger partial charge in [-0.1, -0.05) is 41.9 Å². The van der Waals surface area contributed by atoms with Crippen LogP contribution in [0.2, 0.25) is 5.02 Å². The SMILES string of the molecule is Clc1ccc(C(c2cc3ccccc3o2)n2cncn2)cc1. The molecule has 0 N–H and O–H groups in total. The molecule has 4 rings (SSSR count). The van der Waals surface area contributed by atoms with Crippen LogP contribution in [0.3, 0.4) is 0 Å². The molecule has 1 atom stereocenters. The lowest BCUT2D eigenvalue weighted by molar-refractivity contribution is 0.463. The number of benzene rings is 2. The van der Waals surface area contributed by atoms with Crippen LogP contribution in [0.4, 0.5) is 0 Å². The number of hydrogen-bond acceptors (Lipinski definition) is 3. The van der Waals surface area contributed by atoms with Crippen molar-refractivity contribution in [1.82, 2.24) is 14.8 Å². The zero-order chi connectivity index (χ0) is 14.9. The maximum absolute atomic E-state index is 6.02. The Hall–Kier alpha value is -2.59. The minimum Gasteiger partial charge on any atom is -0.458 e. The molecule has 0 spiro atoms. The Morgan fingerprint density at radius 3 is 2.59 bits per heavy atom. The van der Waals surface area contributed by atoms with Crippen LogP contribution < -0.4 is 0 Å². The van der Waals surface area contributed by atoms with E-state index in [1.165, 1.54) is 6.33 Å². The van der Waals surface area contributed by atoms with Crippen molar-refractivity contribution in [3.05, 3.63) is 83.6 Å². The van der Waals surface area contributed by atoms with Gasteiger partial charge in [0.05, 0.1) is 0 Å². The molecule has 4 nitrogen and oxygen atoms in total. The molecule has 0 radical (unpaired) electrons. The van der Waals surface area contributed by atoms with Crippen LogP contribution >= 0.6 is 11.6 Å². The van der Waals surface area contributed by atoms with Crippen LogP contribution in [0.15, 0.2) is 71.7 Å². The largest absolute Gasteiger partial charge is 0.458 e. The van der Waals surface area contributed by atoms with Gasteiger partial charge in [0.15, 0.2) is 0 Å². The van der Waals surface area contributed by atoms with Gasteiger partial charge in [-0.2, -0.15) is 5.10 Å². The van der Waals surface area contributed by atoms with Crippen molar-refractivity contribution in [2.24, 2.45) is 0 Å². The van der Waals surface area contributed by atoms with Gasteiger partial charge in [0, 0.05) is 10.4 Å². The minimum absolute atomic E-state index is 0.174. The van der Waals surface area contributed by atoms with Gasteiger partial charge in [-0.25, -0.2) is 9.67 Å². The molecule has 1 unspecified atom stereocenters. The predicted molar refractivity (Wildman–Crippen MR) is 84.9 cm³/mol. The fourth-order valence-electron chi connectivity index (χ4n) is 2.58. The van der Waals surface area contributed by atoms with E-state index in [-0.39, 0.29) is 6.04 Å². The average molecular weight is 310 g/mol. The zero-order valence-electron chi connectivity index (χ0n) is 11.6. The number of rotatable bonds is 3. The monoisotopic (exact) mass is 309 g/mol. The van der Waals surface area contributed by atoms with E-state index in [1.54, 1.807) is 11.0 Å². The number of halogens is 1. The Morgan fingerprint density at radius 2 is 1.86 bits per heavy atom. The summed E-state index contributed by atoms with van der Waals surface area (Å²) < 4.78 is 7.80. The van der Waals surface area contributed by atoms with Gasteiger partial charge in [0.25, 0.3) is 0 Å². The predicted octanol–water partition coefficient (Wildman–Crippen LogP) is 4.32. The quantitative estimate of drug-likeness (QED) is 0.566. The fourth-order valence-corrected chi connectivity index (χ4v) is 2.71. The molecule has 108 valence electrons. The van der Waals surface area contributed by atoms with Gasteiger partial charge in [0.1, 0.15) is 30.0 Å². The first-order chi connectivity index (χ1) is 10.8. The lowest BCUT2D eigenvalue weighted by Crippen LogP contribution is -2.12. The van der Waals surface area contributed by atoms with E-state index in [0.29, 0.717) is 5.02 Å². The third-order valence-electron chi connectivity index (χ3n) is 3.60. The molecular weight excluding hydrogens is 298 g/mol. The summed E-state index contributed by atoms with van der Waals surface area (Å²) in [4.78, 5) is 4.05. The highest BCUT2D eigenvalue weighted by molar-refractivity contribution is 6.30. The summed E-state index contributed by atoms with van der Waals surface area (Å²) in [6.45, 7) is 0. The highest BCUT2D eigenvalue weighted by Crippen LogP contribution is 2.31. The van der Waals surface area contributed by atoms with Crippen LogP contribution in [0.25, 0.3) is 11.0 Å². The zero-order valence-corrected chi connectivity index (χ0v) is 12.3. The standard InChI is InChI=1S/C17H12ClN3O/c18-14-7-5-12(6-8-14)17(21-11-19-10-20-21)16-9-13-3-1-2-4-15(13)22-16/h1-11,17H. The molecule has 0 amide bonds. The van der Waals surface area contributed by atoms with Crippen molar-refractivity contribution in [2.45, 2.75) is 6.04 Å². The van der Waals surface area contributed by atoms with Crippen molar-refractivity contribution >= 4 is 22.6 Å². The summed E-state index contributed by atoms with van der Waals surface area (Å²) in [5.41, 5.74) is 1.89. The molecule has 2 aromatic heterocycles.